The number of hydrogen-bond donors (Lipinski definition) is 1. The third-order valence-electron chi connectivity index (χ3n) is 5.85. The second-order valence-corrected chi connectivity index (χ2v) is 8.22. The van der Waals surface area contributed by atoms with E-state index in [9.17, 15) is 19.7 Å². The van der Waals surface area contributed by atoms with Crippen LogP contribution in [0.4, 0.5) is 5.69 Å². The number of carbonyl (C=O) groups is 1. The fourth-order valence-electron chi connectivity index (χ4n) is 4.16. The number of carbonyl (C=O) groups excluding carboxylic acids is 1. The van der Waals surface area contributed by atoms with E-state index in [2.05, 4.69) is 15.5 Å². The quantitative estimate of drug-likeness (QED) is 0.228. The van der Waals surface area contributed by atoms with E-state index in [4.69, 9.17) is 4.42 Å². The van der Waals surface area contributed by atoms with Gasteiger partial charge < -0.3 is 4.42 Å². The molecule has 0 atom stereocenters. The third-order valence-corrected chi connectivity index (χ3v) is 5.85. The van der Waals surface area contributed by atoms with Gasteiger partial charge >= 0.3 is 5.91 Å². The van der Waals surface area contributed by atoms with E-state index < -0.39 is 10.8 Å². The largest absolute Gasteiger partial charge is 0.451 e. The van der Waals surface area contributed by atoms with Gasteiger partial charge in [-0.3, -0.25) is 24.4 Å². The van der Waals surface area contributed by atoms with Gasteiger partial charge in [0.25, 0.3) is 11.2 Å². The van der Waals surface area contributed by atoms with Gasteiger partial charge in [-0.05, 0) is 51.1 Å². The van der Waals surface area contributed by atoms with Gasteiger partial charge in [-0.2, -0.15) is 9.78 Å². The highest BCUT2D eigenvalue weighted by molar-refractivity contribution is 5.97. The summed E-state index contributed by atoms with van der Waals surface area (Å²) in [6.45, 7) is 5.46. The van der Waals surface area contributed by atoms with Gasteiger partial charge in [0.05, 0.1) is 22.0 Å². The first-order chi connectivity index (χ1) is 17.2. The number of para-hydroxylation sites is 1. The highest BCUT2D eigenvalue weighted by Gasteiger charge is 2.17. The number of amides is 1. The molecule has 0 aliphatic carbocycles. The monoisotopic (exact) mass is 484 g/mol. The van der Waals surface area contributed by atoms with Crippen molar-refractivity contribution < 1.29 is 14.1 Å². The van der Waals surface area contributed by atoms with Crippen LogP contribution in [-0.2, 0) is 0 Å². The van der Waals surface area contributed by atoms with Gasteiger partial charge in [0, 0.05) is 34.5 Å². The van der Waals surface area contributed by atoms with Crippen molar-refractivity contribution in [1.82, 2.24) is 19.8 Å². The van der Waals surface area contributed by atoms with Crippen LogP contribution in [0.5, 0.6) is 0 Å². The number of nitro groups is 1. The summed E-state index contributed by atoms with van der Waals surface area (Å²) in [4.78, 5) is 40.7. The van der Waals surface area contributed by atoms with Gasteiger partial charge in [-0.15, -0.1) is 0 Å². The molecule has 0 radical (unpaired) electrons. The summed E-state index contributed by atoms with van der Waals surface area (Å²) in [6.07, 6.45) is 1.47. The number of aryl methyl sites for hydroxylation is 2. The van der Waals surface area contributed by atoms with Crippen molar-refractivity contribution in [3.05, 3.63) is 104 Å². The first-order valence-electron chi connectivity index (χ1n) is 10.9. The maximum atomic E-state index is 13.2. The number of hydrogen-bond acceptors (Lipinski definition) is 7. The zero-order chi connectivity index (χ0) is 25.6. The number of benzene rings is 2. The summed E-state index contributed by atoms with van der Waals surface area (Å²) in [5, 5.41) is 15.9. The molecule has 0 unspecified atom stereocenters. The summed E-state index contributed by atoms with van der Waals surface area (Å²) >= 11 is 0. The van der Waals surface area contributed by atoms with Gasteiger partial charge in [-0.1, -0.05) is 12.1 Å². The first kappa shape index (κ1) is 22.7. The Morgan fingerprint density at radius 2 is 1.89 bits per heavy atom. The van der Waals surface area contributed by atoms with Crippen LogP contribution in [0.2, 0.25) is 0 Å². The number of non-ortho nitro benzene ring substituents is 1. The molecule has 36 heavy (non-hydrogen) atoms. The Kier molecular flexibility index (Phi) is 5.44. The molecular formula is C25H20N6O5. The standard InChI is InChI=1S/C25H20N6O5/c1-14-10-18(15(2)29(14)30-16(3)27-21-7-5-4-6-20(21)25(30)33)13-26-28-24(32)23-12-17-11-19(31(34)35)8-9-22(17)36-23/h4-13H,1-3H3,(H,28,32). The zero-order valence-corrected chi connectivity index (χ0v) is 19.6. The van der Waals surface area contributed by atoms with Gasteiger partial charge in [-0.25, -0.2) is 10.4 Å². The van der Waals surface area contributed by atoms with Gasteiger partial charge in [0.1, 0.15) is 11.4 Å². The predicted molar refractivity (Wildman–Crippen MR) is 133 cm³/mol. The second-order valence-electron chi connectivity index (χ2n) is 8.22. The molecule has 180 valence electrons. The topological polar surface area (TPSA) is 138 Å². The number of fused-ring (bicyclic) bond motifs is 2. The van der Waals surface area contributed by atoms with Crippen LogP contribution in [-0.4, -0.2) is 31.4 Å². The molecule has 0 aliphatic rings. The fourth-order valence-corrected chi connectivity index (χ4v) is 4.16. The molecule has 0 saturated carbocycles. The number of hydrazone groups is 1. The Balaban J connectivity index is 1.42. The summed E-state index contributed by atoms with van der Waals surface area (Å²) < 4.78 is 8.74. The number of aromatic nitrogens is 3. The number of nitrogens with one attached hydrogen (secondary N) is 1. The summed E-state index contributed by atoms with van der Waals surface area (Å²) in [7, 11) is 0. The predicted octanol–water partition coefficient (Wildman–Crippen LogP) is 3.85. The average Bonchev–Trinajstić information content (AvgIpc) is 3.40. The molecule has 2 aromatic carbocycles. The molecule has 11 heteroatoms. The Morgan fingerprint density at radius 3 is 2.67 bits per heavy atom. The Morgan fingerprint density at radius 1 is 1.11 bits per heavy atom. The van der Waals surface area contributed by atoms with Crippen LogP contribution in [0.1, 0.15) is 33.3 Å². The minimum absolute atomic E-state index is 0.0301. The molecule has 0 saturated heterocycles. The smallest absolute Gasteiger partial charge is 0.307 e. The highest BCUT2D eigenvalue weighted by Crippen LogP contribution is 2.24. The Hall–Kier alpha value is -5.06. The van der Waals surface area contributed by atoms with E-state index in [1.165, 1.54) is 35.2 Å². The van der Waals surface area contributed by atoms with Crippen LogP contribution in [0, 0.1) is 30.9 Å². The molecule has 1 amide bonds. The lowest BCUT2D eigenvalue weighted by Crippen LogP contribution is -2.30. The van der Waals surface area contributed by atoms with E-state index >= 15 is 0 Å². The summed E-state index contributed by atoms with van der Waals surface area (Å²) in [5.41, 5.74) is 5.28. The highest BCUT2D eigenvalue weighted by atomic mass is 16.6. The maximum absolute atomic E-state index is 13.2. The first-order valence-corrected chi connectivity index (χ1v) is 10.9. The van der Waals surface area contributed by atoms with Crippen LogP contribution in [0.25, 0.3) is 21.9 Å². The molecule has 3 heterocycles. The van der Waals surface area contributed by atoms with Crippen LogP contribution < -0.4 is 11.0 Å². The number of rotatable bonds is 5. The van der Waals surface area contributed by atoms with Crippen LogP contribution in [0.3, 0.4) is 0 Å². The maximum Gasteiger partial charge on any atom is 0.307 e. The van der Waals surface area contributed by atoms with E-state index in [0.717, 1.165) is 11.4 Å². The molecule has 0 spiro atoms. The fraction of sp³-hybridized carbons (Fsp3) is 0.120. The van der Waals surface area contributed by atoms with Crippen molar-refractivity contribution in [2.45, 2.75) is 20.8 Å². The van der Waals surface area contributed by atoms with Crippen molar-refractivity contribution in [3.63, 3.8) is 0 Å². The van der Waals surface area contributed by atoms with E-state index in [0.29, 0.717) is 33.3 Å². The Labute approximate surface area is 203 Å². The van der Waals surface area contributed by atoms with Crippen molar-refractivity contribution in [2.75, 3.05) is 0 Å². The number of nitro benzene ring substituents is 1. The van der Waals surface area contributed by atoms with Crippen LogP contribution >= 0.6 is 0 Å². The molecule has 5 aromatic rings. The lowest BCUT2D eigenvalue weighted by molar-refractivity contribution is -0.384. The van der Waals surface area contributed by atoms with Gasteiger partial charge in [0.15, 0.2) is 5.76 Å². The van der Waals surface area contributed by atoms with Crippen molar-refractivity contribution in [1.29, 1.82) is 0 Å². The molecule has 3 aromatic heterocycles. The van der Waals surface area contributed by atoms with E-state index in [1.54, 1.807) is 29.8 Å². The minimum Gasteiger partial charge on any atom is -0.451 e. The van der Waals surface area contributed by atoms with E-state index in [1.807, 2.05) is 26.0 Å². The summed E-state index contributed by atoms with van der Waals surface area (Å²) in [6, 6.07) is 14.5. The second kappa shape index (κ2) is 8.62. The SMILES string of the molecule is Cc1cc(C=NNC(=O)c2cc3cc([N+](=O)[O-])ccc3o2)c(C)n1-n1c(C)nc2ccccc2c1=O. The molecule has 1 N–H and O–H groups in total. The molecule has 0 aliphatic heterocycles. The van der Waals surface area contributed by atoms with Crippen molar-refractivity contribution in [3.8, 4) is 0 Å². The molecule has 5 rings (SSSR count). The lowest BCUT2D eigenvalue weighted by atomic mass is 10.2. The molecule has 11 nitrogen and oxygen atoms in total. The van der Waals surface area contributed by atoms with E-state index in [-0.39, 0.29) is 17.0 Å². The average molecular weight is 484 g/mol. The Bertz CT molecular complexity index is 1780. The zero-order valence-electron chi connectivity index (χ0n) is 19.6. The number of furan rings is 1. The minimum atomic E-state index is -0.607. The summed E-state index contributed by atoms with van der Waals surface area (Å²) in [5.74, 6) is -0.107. The molecule has 0 fully saturated rings. The normalized spacial score (nSPS) is 11.5. The third kappa shape index (κ3) is 3.82. The van der Waals surface area contributed by atoms with Crippen molar-refractivity contribution in [2.24, 2.45) is 5.10 Å². The van der Waals surface area contributed by atoms with Gasteiger partial charge in [0.2, 0.25) is 0 Å². The van der Waals surface area contributed by atoms with Crippen LogP contribution in [0.15, 0.2) is 68.9 Å². The molecule has 0 bridgehead atoms. The number of nitrogens with zero attached hydrogens (tertiary/aromatic N) is 5. The van der Waals surface area contributed by atoms with Crippen molar-refractivity contribution >= 4 is 39.7 Å². The lowest BCUT2D eigenvalue weighted by Gasteiger charge is -2.16. The molecular weight excluding hydrogens is 464 g/mol.